The summed E-state index contributed by atoms with van der Waals surface area (Å²) < 4.78 is 16.1. The third-order valence-corrected chi connectivity index (χ3v) is 5.21. The first-order valence-electron chi connectivity index (χ1n) is 9.02. The van der Waals surface area contributed by atoms with E-state index in [-0.39, 0.29) is 6.04 Å². The van der Waals surface area contributed by atoms with E-state index in [4.69, 9.17) is 16.6 Å². The SMILES string of the molecule is CN[C@@H]1CN(c2nc3cc(C#N)ccc3n2Cc2ncc(Cl)cn2)CC[C@H]1F. The number of nitriles is 1. The lowest BCUT2D eigenvalue weighted by Gasteiger charge is -2.35. The molecule has 1 aliphatic heterocycles. The van der Waals surface area contributed by atoms with Crippen LogP contribution in [0.25, 0.3) is 11.0 Å². The number of rotatable bonds is 4. The first kappa shape index (κ1) is 18.6. The molecule has 1 saturated heterocycles. The van der Waals surface area contributed by atoms with E-state index in [0.29, 0.717) is 48.0 Å². The predicted octanol–water partition coefficient (Wildman–Crippen LogP) is 2.54. The second kappa shape index (κ2) is 7.70. The number of likely N-dealkylation sites (N-methyl/N-ethyl adjacent to an activating group) is 1. The van der Waals surface area contributed by atoms with Gasteiger partial charge >= 0.3 is 0 Å². The van der Waals surface area contributed by atoms with Gasteiger partial charge in [-0.25, -0.2) is 19.3 Å². The number of nitrogens with zero attached hydrogens (tertiary/aromatic N) is 6. The van der Waals surface area contributed by atoms with E-state index in [0.717, 1.165) is 11.5 Å². The second-order valence-corrected chi connectivity index (χ2v) is 7.21. The van der Waals surface area contributed by atoms with Gasteiger partial charge in [-0.05, 0) is 31.7 Å². The third-order valence-electron chi connectivity index (χ3n) is 5.01. The van der Waals surface area contributed by atoms with E-state index in [1.54, 1.807) is 31.6 Å². The Morgan fingerprint density at radius 1 is 1.36 bits per heavy atom. The van der Waals surface area contributed by atoms with Crippen molar-refractivity contribution in [3.05, 3.63) is 47.0 Å². The topological polar surface area (TPSA) is 82.7 Å². The van der Waals surface area contributed by atoms with Gasteiger partial charge in [0.2, 0.25) is 5.95 Å². The van der Waals surface area contributed by atoms with Crippen LogP contribution in [0.4, 0.5) is 10.3 Å². The molecule has 3 aromatic rings. The number of halogens is 2. The van der Waals surface area contributed by atoms with Crippen LogP contribution < -0.4 is 10.2 Å². The fraction of sp³-hybridized carbons (Fsp3) is 0.368. The maximum Gasteiger partial charge on any atom is 0.207 e. The van der Waals surface area contributed by atoms with Gasteiger partial charge in [-0.2, -0.15) is 5.26 Å². The molecule has 1 fully saturated rings. The lowest BCUT2D eigenvalue weighted by atomic mass is 10.0. The van der Waals surface area contributed by atoms with Crippen molar-refractivity contribution < 1.29 is 4.39 Å². The number of hydrogen-bond acceptors (Lipinski definition) is 6. The highest BCUT2D eigenvalue weighted by Crippen LogP contribution is 2.27. The molecular weight excluding hydrogens is 381 g/mol. The third kappa shape index (κ3) is 3.51. The maximum absolute atomic E-state index is 14.1. The Balaban J connectivity index is 1.77. The summed E-state index contributed by atoms with van der Waals surface area (Å²) in [5, 5.41) is 12.7. The molecule has 9 heteroatoms. The zero-order valence-corrected chi connectivity index (χ0v) is 16.1. The Kier molecular flexibility index (Phi) is 5.11. The maximum atomic E-state index is 14.1. The summed E-state index contributed by atoms with van der Waals surface area (Å²) >= 11 is 5.90. The van der Waals surface area contributed by atoms with Crippen LogP contribution in [0.5, 0.6) is 0 Å². The molecule has 0 amide bonds. The molecule has 0 radical (unpaired) electrons. The van der Waals surface area contributed by atoms with Crippen LogP contribution in [0.3, 0.4) is 0 Å². The van der Waals surface area contributed by atoms with Crippen molar-refractivity contribution in [1.29, 1.82) is 5.26 Å². The number of benzene rings is 1. The van der Waals surface area contributed by atoms with Crippen molar-refractivity contribution in [2.24, 2.45) is 0 Å². The monoisotopic (exact) mass is 399 g/mol. The molecule has 0 aliphatic carbocycles. The van der Waals surface area contributed by atoms with E-state index in [9.17, 15) is 9.65 Å². The standard InChI is InChI=1S/C19H19ClFN7/c1-23-16-10-27(5-4-14(16)21)19-26-15-6-12(7-22)2-3-17(15)28(19)11-18-24-8-13(20)9-25-18/h2-3,6,8-9,14,16,23H,4-5,10-11H2,1H3/t14-,16-/m1/s1. The number of fused-ring (bicyclic) bond motifs is 1. The molecule has 0 unspecified atom stereocenters. The summed E-state index contributed by atoms with van der Waals surface area (Å²) in [6.07, 6.45) is 2.66. The van der Waals surface area contributed by atoms with Crippen molar-refractivity contribution in [3.8, 4) is 6.07 Å². The van der Waals surface area contributed by atoms with Gasteiger partial charge in [-0.15, -0.1) is 0 Å². The molecule has 0 saturated carbocycles. The predicted molar refractivity (Wildman–Crippen MR) is 105 cm³/mol. The van der Waals surface area contributed by atoms with Gasteiger partial charge in [0.05, 0.1) is 40.3 Å². The minimum Gasteiger partial charge on any atom is -0.340 e. The van der Waals surface area contributed by atoms with Gasteiger partial charge in [0.25, 0.3) is 0 Å². The summed E-state index contributed by atoms with van der Waals surface area (Å²) in [5.41, 5.74) is 2.13. The van der Waals surface area contributed by atoms with E-state index in [2.05, 4.69) is 26.3 Å². The first-order chi connectivity index (χ1) is 13.6. The summed E-state index contributed by atoms with van der Waals surface area (Å²) in [4.78, 5) is 15.4. The number of piperidine rings is 1. The van der Waals surface area contributed by atoms with Crippen LogP contribution in [-0.4, -0.2) is 51.9 Å². The number of alkyl halides is 1. The minimum absolute atomic E-state index is 0.261. The molecule has 0 spiro atoms. The lowest BCUT2D eigenvalue weighted by molar-refractivity contribution is 0.221. The molecule has 144 valence electrons. The smallest absolute Gasteiger partial charge is 0.207 e. The molecule has 1 aromatic carbocycles. The van der Waals surface area contributed by atoms with E-state index < -0.39 is 6.17 Å². The fourth-order valence-corrected chi connectivity index (χ4v) is 3.62. The Hall–Kier alpha value is -2.76. The Morgan fingerprint density at radius 2 is 2.14 bits per heavy atom. The van der Waals surface area contributed by atoms with Gasteiger partial charge in [-0.3, -0.25) is 0 Å². The first-order valence-corrected chi connectivity index (χ1v) is 9.40. The highest BCUT2D eigenvalue weighted by atomic mass is 35.5. The van der Waals surface area contributed by atoms with E-state index in [1.807, 2.05) is 10.6 Å². The van der Waals surface area contributed by atoms with Crippen LogP contribution in [-0.2, 0) is 6.54 Å². The quantitative estimate of drug-likeness (QED) is 0.726. The average Bonchev–Trinajstić information content (AvgIpc) is 3.07. The summed E-state index contributed by atoms with van der Waals surface area (Å²) in [5.74, 6) is 1.32. The minimum atomic E-state index is -0.885. The molecular formula is C19H19ClFN7. The highest BCUT2D eigenvalue weighted by molar-refractivity contribution is 6.30. The normalized spacial score (nSPS) is 19.7. The zero-order chi connectivity index (χ0) is 19.7. The lowest BCUT2D eigenvalue weighted by Crippen LogP contribution is -2.51. The van der Waals surface area contributed by atoms with E-state index >= 15 is 0 Å². The number of aromatic nitrogens is 4. The Morgan fingerprint density at radius 3 is 2.86 bits per heavy atom. The van der Waals surface area contributed by atoms with Crippen LogP contribution in [0, 0.1) is 11.3 Å². The molecule has 4 rings (SSSR count). The Labute approximate surface area is 166 Å². The van der Waals surface area contributed by atoms with Crippen molar-refractivity contribution in [2.45, 2.75) is 25.2 Å². The van der Waals surface area contributed by atoms with Crippen LogP contribution in [0.1, 0.15) is 17.8 Å². The molecule has 2 aromatic heterocycles. The van der Waals surface area contributed by atoms with Gasteiger partial charge < -0.3 is 14.8 Å². The number of imidazole rings is 1. The van der Waals surface area contributed by atoms with Gasteiger partial charge in [0, 0.05) is 25.5 Å². The molecule has 1 aliphatic rings. The van der Waals surface area contributed by atoms with Gasteiger partial charge in [0.15, 0.2) is 0 Å². The molecule has 1 N–H and O–H groups in total. The van der Waals surface area contributed by atoms with Crippen molar-refractivity contribution >= 4 is 28.6 Å². The zero-order valence-electron chi connectivity index (χ0n) is 15.3. The number of hydrogen-bond donors (Lipinski definition) is 1. The number of anilines is 1. The van der Waals surface area contributed by atoms with Crippen LogP contribution >= 0.6 is 11.6 Å². The summed E-state index contributed by atoms with van der Waals surface area (Å²) in [6.45, 7) is 1.47. The molecule has 2 atom stereocenters. The molecule has 7 nitrogen and oxygen atoms in total. The molecule has 3 heterocycles. The van der Waals surface area contributed by atoms with Crippen LogP contribution in [0.2, 0.25) is 5.02 Å². The Bertz CT molecular complexity index is 1030. The van der Waals surface area contributed by atoms with Gasteiger partial charge in [0.1, 0.15) is 12.0 Å². The van der Waals surface area contributed by atoms with Crippen molar-refractivity contribution in [1.82, 2.24) is 24.8 Å². The van der Waals surface area contributed by atoms with Crippen LogP contribution in [0.15, 0.2) is 30.6 Å². The average molecular weight is 400 g/mol. The van der Waals surface area contributed by atoms with Gasteiger partial charge in [-0.1, -0.05) is 11.6 Å². The summed E-state index contributed by atoms with van der Waals surface area (Å²) in [6, 6.07) is 7.28. The number of nitrogens with one attached hydrogen (secondary N) is 1. The van der Waals surface area contributed by atoms with E-state index in [1.165, 1.54) is 0 Å². The van der Waals surface area contributed by atoms with Crippen molar-refractivity contribution in [2.75, 3.05) is 25.0 Å². The molecule has 0 bridgehead atoms. The fourth-order valence-electron chi connectivity index (χ4n) is 3.52. The highest BCUT2D eigenvalue weighted by Gasteiger charge is 2.30. The largest absolute Gasteiger partial charge is 0.340 e. The second-order valence-electron chi connectivity index (χ2n) is 6.78. The summed E-state index contributed by atoms with van der Waals surface area (Å²) in [7, 11) is 1.77. The van der Waals surface area contributed by atoms with Crippen molar-refractivity contribution in [3.63, 3.8) is 0 Å². The molecule has 28 heavy (non-hydrogen) atoms.